The lowest BCUT2D eigenvalue weighted by molar-refractivity contribution is 0.283. The molecule has 0 amide bonds. The Bertz CT molecular complexity index is 311. The minimum absolute atomic E-state index is 0.0225. The molecule has 6 heteroatoms. The highest BCUT2D eigenvalue weighted by Crippen LogP contribution is 2.11. The number of unbranched alkanes of at least 4 members (excludes halogenated alkanes) is 2. The van der Waals surface area contributed by atoms with Crippen LogP contribution in [0.2, 0.25) is 5.28 Å². The summed E-state index contributed by atoms with van der Waals surface area (Å²) in [5.74, 6) is -0.388. The molecule has 1 aromatic rings. The highest BCUT2D eigenvalue weighted by atomic mass is 35.5. The molecule has 15 heavy (non-hydrogen) atoms. The molecule has 0 unspecified atom stereocenters. The summed E-state index contributed by atoms with van der Waals surface area (Å²) in [6.07, 6.45) is 3.53. The number of anilines is 1. The molecule has 1 heterocycles. The van der Waals surface area contributed by atoms with Gasteiger partial charge in [-0.1, -0.05) is 0 Å². The molecule has 0 saturated heterocycles. The van der Waals surface area contributed by atoms with E-state index in [1.54, 1.807) is 0 Å². The van der Waals surface area contributed by atoms with Gasteiger partial charge in [-0.2, -0.15) is 4.98 Å². The van der Waals surface area contributed by atoms with Crippen LogP contribution in [-0.2, 0) is 0 Å². The van der Waals surface area contributed by atoms with Crippen LogP contribution in [-0.4, -0.2) is 28.2 Å². The molecule has 4 nitrogen and oxygen atoms in total. The molecule has 0 spiro atoms. The third-order valence-electron chi connectivity index (χ3n) is 1.84. The minimum Gasteiger partial charge on any atom is -0.396 e. The van der Waals surface area contributed by atoms with E-state index in [4.69, 9.17) is 16.7 Å². The van der Waals surface area contributed by atoms with E-state index < -0.39 is 5.82 Å². The van der Waals surface area contributed by atoms with Gasteiger partial charge in [0.1, 0.15) is 0 Å². The summed E-state index contributed by atoms with van der Waals surface area (Å²) in [4.78, 5) is 7.21. The summed E-state index contributed by atoms with van der Waals surface area (Å²) in [5, 5.41) is 11.4. The number of aliphatic hydroxyl groups is 1. The Labute approximate surface area is 92.5 Å². The molecular weight excluding hydrogens is 221 g/mol. The van der Waals surface area contributed by atoms with Crippen molar-refractivity contribution in [2.45, 2.75) is 19.3 Å². The lowest BCUT2D eigenvalue weighted by Gasteiger charge is -2.05. The summed E-state index contributed by atoms with van der Waals surface area (Å²) in [7, 11) is 0. The van der Waals surface area contributed by atoms with Gasteiger partial charge < -0.3 is 10.4 Å². The van der Waals surface area contributed by atoms with Gasteiger partial charge in [-0.05, 0) is 30.9 Å². The fourth-order valence-electron chi connectivity index (χ4n) is 1.09. The number of rotatable bonds is 6. The second kappa shape index (κ2) is 6.53. The zero-order chi connectivity index (χ0) is 11.1. The van der Waals surface area contributed by atoms with Gasteiger partial charge in [-0.25, -0.2) is 9.37 Å². The Morgan fingerprint density at radius 2 is 2.20 bits per heavy atom. The topological polar surface area (TPSA) is 58.0 Å². The molecular formula is C9H13ClFN3O. The first kappa shape index (κ1) is 12.1. The third kappa shape index (κ3) is 4.40. The fourth-order valence-corrected chi connectivity index (χ4v) is 1.22. The van der Waals surface area contributed by atoms with Gasteiger partial charge in [0.2, 0.25) is 5.28 Å². The Morgan fingerprint density at radius 3 is 2.93 bits per heavy atom. The lowest BCUT2D eigenvalue weighted by atomic mass is 10.2. The van der Waals surface area contributed by atoms with E-state index in [9.17, 15) is 4.39 Å². The summed E-state index contributed by atoms with van der Waals surface area (Å²) in [6.45, 7) is 0.790. The first-order valence-corrected chi connectivity index (χ1v) is 5.14. The molecule has 0 aliphatic heterocycles. The van der Waals surface area contributed by atoms with Crippen molar-refractivity contribution >= 4 is 17.4 Å². The summed E-state index contributed by atoms with van der Waals surface area (Å²) in [6, 6.07) is 0. The van der Waals surface area contributed by atoms with Crippen LogP contribution in [0.4, 0.5) is 10.2 Å². The largest absolute Gasteiger partial charge is 0.396 e. The van der Waals surface area contributed by atoms with Gasteiger partial charge in [0.05, 0.1) is 6.20 Å². The lowest BCUT2D eigenvalue weighted by Crippen LogP contribution is -2.06. The van der Waals surface area contributed by atoms with E-state index in [0.717, 1.165) is 25.5 Å². The number of halogens is 2. The van der Waals surface area contributed by atoms with E-state index in [1.165, 1.54) is 0 Å². The van der Waals surface area contributed by atoms with Gasteiger partial charge in [-0.3, -0.25) is 0 Å². The van der Waals surface area contributed by atoms with Crippen LogP contribution in [0.25, 0.3) is 0 Å². The molecule has 0 radical (unpaired) electrons. The molecule has 0 aromatic carbocycles. The number of hydrogen-bond donors (Lipinski definition) is 2. The van der Waals surface area contributed by atoms with E-state index in [-0.39, 0.29) is 17.7 Å². The maximum Gasteiger partial charge on any atom is 0.224 e. The van der Waals surface area contributed by atoms with Crippen molar-refractivity contribution in [2.24, 2.45) is 0 Å². The average molecular weight is 234 g/mol. The highest BCUT2D eigenvalue weighted by molar-refractivity contribution is 6.28. The van der Waals surface area contributed by atoms with Gasteiger partial charge in [-0.15, -0.1) is 0 Å². The second-order valence-electron chi connectivity index (χ2n) is 3.05. The molecule has 84 valence electrons. The third-order valence-corrected chi connectivity index (χ3v) is 2.02. The van der Waals surface area contributed by atoms with E-state index >= 15 is 0 Å². The summed E-state index contributed by atoms with van der Waals surface area (Å²) in [5.41, 5.74) is 0. The highest BCUT2D eigenvalue weighted by Gasteiger charge is 2.04. The van der Waals surface area contributed by atoms with Crippen molar-refractivity contribution in [2.75, 3.05) is 18.5 Å². The second-order valence-corrected chi connectivity index (χ2v) is 3.38. The Kier molecular flexibility index (Phi) is 5.28. The Balaban J connectivity index is 2.33. The number of aliphatic hydroxyl groups excluding tert-OH is 1. The van der Waals surface area contributed by atoms with Gasteiger partial charge >= 0.3 is 0 Å². The molecule has 0 aliphatic rings. The smallest absolute Gasteiger partial charge is 0.224 e. The summed E-state index contributed by atoms with van der Waals surface area (Å²) < 4.78 is 13.1. The van der Waals surface area contributed by atoms with Crippen molar-refractivity contribution < 1.29 is 9.50 Å². The van der Waals surface area contributed by atoms with Gasteiger partial charge in [0, 0.05) is 13.2 Å². The zero-order valence-corrected chi connectivity index (χ0v) is 8.97. The average Bonchev–Trinajstić information content (AvgIpc) is 2.23. The Hall–Kier alpha value is -0.940. The molecule has 1 aromatic heterocycles. The summed E-state index contributed by atoms with van der Waals surface area (Å²) >= 11 is 5.52. The van der Waals surface area contributed by atoms with Crippen LogP contribution in [0.1, 0.15) is 19.3 Å². The first-order valence-electron chi connectivity index (χ1n) is 4.77. The van der Waals surface area contributed by atoms with Crippen LogP contribution in [0.3, 0.4) is 0 Å². The van der Waals surface area contributed by atoms with Crippen LogP contribution in [0.5, 0.6) is 0 Å². The fraction of sp³-hybridized carbons (Fsp3) is 0.556. The van der Waals surface area contributed by atoms with E-state index in [2.05, 4.69) is 15.3 Å². The molecule has 0 fully saturated rings. The maximum absolute atomic E-state index is 13.1. The van der Waals surface area contributed by atoms with Crippen LogP contribution >= 0.6 is 11.6 Å². The van der Waals surface area contributed by atoms with Crippen molar-refractivity contribution in [3.05, 3.63) is 17.3 Å². The van der Waals surface area contributed by atoms with E-state index in [0.29, 0.717) is 6.54 Å². The van der Waals surface area contributed by atoms with Crippen LogP contribution < -0.4 is 5.32 Å². The maximum atomic E-state index is 13.1. The van der Waals surface area contributed by atoms with Crippen molar-refractivity contribution in [1.82, 2.24) is 9.97 Å². The van der Waals surface area contributed by atoms with Gasteiger partial charge in [0.25, 0.3) is 0 Å². The molecule has 0 atom stereocenters. The predicted octanol–water partition coefficient (Wildman–Crippen LogP) is 1.84. The van der Waals surface area contributed by atoms with Crippen LogP contribution in [0.15, 0.2) is 6.20 Å². The van der Waals surface area contributed by atoms with Crippen LogP contribution in [0, 0.1) is 5.82 Å². The number of nitrogens with one attached hydrogen (secondary N) is 1. The first-order chi connectivity index (χ1) is 7.24. The molecule has 2 N–H and O–H groups in total. The SMILES string of the molecule is OCCCCCNc1nc(Cl)ncc1F. The van der Waals surface area contributed by atoms with Crippen molar-refractivity contribution in [1.29, 1.82) is 0 Å². The number of hydrogen-bond acceptors (Lipinski definition) is 4. The van der Waals surface area contributed by atoms with Gasteiger partial charge in [0.15, 0.2) is 11.6 Å². The predicted molar refractivity (Wildman–Crippen MR) is 56.4 cm³/mol. The minimum atomic E-state index is -0.512. The number of aromatic nitrogens is 2. The normalized spacial score (nSPS) is 10.3. The monoisotopic (exact) mass is 233 g/mol. The quantitative estimate of drug-likeness (QED) is 0.582. The molecule has 0 saturated carbocycles. The standard InChI is InChI=1S/C9H13ClFN3O/c10-9-13-6-7(11)8(14-9)12-4-2-1-3-5-15/h6,15H,1-5H2,(H,12,13,14). The molecule has 0 aliphatic carbocycles. The molecule has 0 bridgehead atoms. The zero-order valence-electron chi connectivity index (χ0n) is 8.21. The van der Waals surface area contributed by atoms with E-state index in [1.807, 2.05) is 0 Å². The van der Waals surface area contributed by atoms with Crippen molar-refractivity contribution in [3.63, 3.8) is 0 Å². The molecule has 1 rings (SSSR count). The Morgan fingerprint density at radius 1 is 1.40 bits per heavy atom. The van der Waals surface area contributed by atoms with Crippen molar-refractivity contribution in [3.8, 4) is 0 Å². The number of nitrogens with zero attached hydrogens (tertiary/aromatic N) is 2.